The molecule has 2 amide bonds. The highest BCUT2D eigenvalue weighted by atomic mass is 32.1. The normalized spacial score (nSPS) is 14.6. The van der Waals surface area contributed by atoms with E-state index in [0.717, 1.165) is 31.0 Å². The van der Waals surface area contributed by atoms with Crippen molar-refractivity contribution >= 4 is 46.5 Å². The van der Waals surface area contributed by atoms with Crippen LogP contribution in [0.25, 0.3) is 11.8 Å². The monoisotopic (exact) mass is 510 g/mol. The van der Waals surface area contributed by atoms with Crippen LogP contribution in [-0.4, -0.2) is 54.3 Å². The molecule has 1 saturated heterocycles. The molecule has 0 atom stereocenters. The Balaban J connectivity index is 1.67. The first kappa shape index (κ1) is 26.7. The second kappa shape index (κ2) is 13.3. The Bertz CT molecular complexity index is 1300. The fraction of sp³-hybridized carbons (Fsp3) is 0.360. The first-order valence-corrected chi connectivity index (χ1v) is 12.5. The van der Waals surface area contributed by atoms with Crippen LogP contribution in [0.2, 0.25) is 0 Å². The minimum absolute atomic E-state index is 0.0304. The second-order valence-corrected chi connectivity index (χ2v) is 9.02. The smallest absolute Gasteiger partial charge is 0.352 e. The van der Waals surface area contributed by atoms with E-state index >= 15 is 0 Å². The average Bonchev–Trinajstić information content (AvgIpc) is 3.50. The standard InChI is InChI=1S/C25H30N6O4S/c1-3-15-35-24(33)20(16-26)23-31(4-2)22(32)21(36-23)17-28-18-7-9-19(10-8-18)29-25(34)27-11-14-30-12-5-6-13-30/h3,7-10,17,28H,1,4-6,11-15H2,2H3,(H2,27,29,34). The van der Waals surface area contributed by atoms with Gasteiger partial charge in [0, 0.05) is 37.2 Å². The van der Waals surface area contributed by atoms with Crippen LogP contribution in [0.4, 0.5) is 16.2 Å². The van der Waals surface area contributed by atoms with Crippen molar-refractivity contribution in [3.8, 4) is 6.07 Å². The Hall–Kier alpha value is -3.88. The SMILES string of the molecule is C=CCOC(=O)C(C#N)=c1sc(=CNc2ccc(NC(=O)NCCN3CCCC3)cc2)c(=O)n1CC. The molecule has 36 heavy (non-hydrogen) atoms. The molecule has 10 nitrogen and oxygen atoms in total. The molecule has 0 aliphatic carbocycles. The summed E-state index contributed by atoms with van der Waals surface area (Å²) in [6.45, 7) is 9.12. The number of nitriles is 1. The van der Waals surface area contributed by atoms with E-state index in [-0.39, 0.29) is 28.4 Å². The molecular formula is C25H30N6O4S. The fourth-order valence-corrected chi connectivity index (χ4v) is 4.76. The maximum Gasteiger partial charge on any atom is 0.352 e. The van der Waals surface area contributed by atoms with Gasteiger partial charge in [0.1, 0.15) is 21.9 Å². The number of hydrogen-bond donors (Lipinski definition) is 3. The molecule has 2 aromatic rings. The maximum atomic E-state index is 12.8. The van der Waals surface area contributed by atoms with E-state index in [4.69, 9.17) is 4.74 Å². The van der Waals surface area contributed by atoms with E-state index in [1.807, 2.05) is 6.07 Å². The molecular weight excluding hydrogens is 480 g/mol. The molecule has 3 N–H and O–H groups in total. The summed E-state index contributed by atoms with van der Waals surface area (Å²) in [6, 6.07) is 8.61. The number of nitrogens with zero attached hydrogens (tertiary/aromatic N) is 3. The highest BCUT2D eigenvalue weighted by molar-refractivity contribution is 7.07. The highest BCUT2D eigenvalue weighted by Gasteiger charge is 2.16. The zero-order valence-electron chi connectivity index (χ0n) is 20.2. The maximum absolute atomic E-state index is 12.8. The van der Waals surface area contributed by atoms with Crippen molar-refractivity contribution in [2.75, 3.05) is 43.4 Å². The summed E-state index contributed by atoms with van der Waals surface area (Å²) in [5, 5.41) is 18.2. The van der Waals surface area contributed by atoms with Gasteiger partial charge in [0.2, 0.25) is 0 Å². The number of carbonyl (C=O) groups is 2. The summed E-state index contributed by atoms with van der Waals surface area (Å²) in [7, 11) is 0. The molecule has 1 aliphatic rings. The molecule has 3 rings (SSSR count). The molecule has 190 valence electrons. The number of anilines is 2. The lowest BCUT2D eigenvalue weighted by Gasteiger charge is -2.15. The summed E-state index contributed by atoms with van der Waals surface area (Å²) in [5.41, 5.74) is 0.785. The Morgan fingerprint density at radius 1 is 1.22 bits per heavy atom. The molecule has 1 aliphatic heterocycles. The van der Waals surface area contributed by atoms with Gasteiger partial charge in [-0.1, -0.05) is 12.7 Å². The van der Waals surface area contributed by atoms with Gasteiger partial charge in [0.05, 0.1) is 0 Å². The van der Waals surface area contributed by atoms with Gasteiger partial charge in [-0.15, -0.1) is 11.3 Å². The van der Waals surface area contributed by atoms with Gasteiger partial charge in [0.15, 0.2) is 5.57 Å². The van der Waals surface area contributed by atoms with Gasteiger partial charge in [0.25, 0.3) is 5.56 Å². The van der Waals surface area contributed by atoms with Crippen LogP contribution in [0.5, 0.6) is 0 Å². The van der Waals surface area contributed by atoms with Gasteiger partial charge in [-0.2, -0.15) is 5.26 Å². The van der Waals surface area contributed by atoms with Crippen LogP contribution >= 0.6 is 11.3 Å². The van der Waals surface area contributed by atoms with Crippen molar-refractivity contribution < 1.29 is 14.3 Å². The predicted molar refractivity (Wildman–Crippen MR) is 141 cm³/mol. The minimum atomic E-state index is -0.802. The van der Waals surface area contributed by atoms with Crippen molar-refractivity contribution in [1.82, 2.24) is 14.8 Å². The lowest BCUT2D eigenvalue weighted by molar-refractivity contribution is -0.135. The minimum Gasteiger partial charge on any atom is -0.457 e. The van der Waals surface area contributed by atoms with E-state index in [1.54, 1.807) is 31.2 Å². The van der Waals surface area contributed by atoms with Gasteiger partial charge < -0.3 is 25.6 Å². The molecule has 0 bridgehead atoms. The van der Waals surface area contributed by atoms with Crippen molar-refractivity contribution in [2.45, 2.75) is 26.3 Å². The molecule has 0 spiro atoms. The number of esters is 1. The molecule has 0 unspecified atom stereocenters. The Morgan fingerprint density at radius 2 is 1.92 bits per heavy atom. The zero-order valence-corrected chi connectivity index (χ0v) is 21.0. The molecule has 1 aromatic carbocycles. The summed E-state index contributed by atoms with van der Waals surface area (Å²) in [5.74, 6) is -0.802. The van der Waals surface area contributed by atoms with Crippen LogP contribution < -0.4 is 30.7 Å². The molecule has 11 heteroatoms. The number of ether oxygens (including phenoxy) is 1. The van der Waals surface area contributed by atoms with Gasteiger partial charge in [-0.05, 0) is 57.1 Å². The molecule has 0 radical (unpaired) electrons. The van der Waals surface area contributed by atoms with E-state index in [1.165, 1.54) is 29.7 Å². The Kier molecular flexibility index (Phi) is 9.85. The molecule has 1 aromatic heterocycles. The van der Waals surface area contributed by atoms with E-state index in [2.05, 4.69) is 27.4 Å². The number of rotatable bonds is 10. The highest BCUT2D eigenvalue weighted by Crippen LogP contribution is 2.13. The lowest BCUT2D eigenvalue weighted by atomic mass is 10.3. The average molecular weight is 511 g/mol. The quantitative estimate of drug-likeness (QED) is 0.326. The van der Waals surface area contributed by atoms with E-state index in [0.29, 0.717) is 29.0 Å². The van der Waals surface area contributed by atoms with Gasteiger partial charge >= 0.3 is 12.0 Å². The number of thiazole rings is 1. The first-order valence-electron chi connectivity index (χ1n) is 11.7. The Labute approximate surface area is 213 Å². The third-order valence-electron chi connectivity index (χ3n) is 5.51. The van der Waals surface area contributed by atoms with Gasteiger partial charge in [-0.25, -0.2) is 9.59 Å². The number of likely N-dealkylation sites (tertiary alicyclic amines) is 1. The number of amides is 2. The summed E-state index contributed by atoms with van der Waals surface area (Å²) in [6.07, 6.45) is 5.37. The lowest BCUT2D eigenvalue weighted by Crippen LogP contribution is -2.35. The van der Waals surface area contributed by atoms with Crippen LogP contribution in [0.15, 0.2) is 41.7 Å². The molecule has 0 saturated carbocycles. The number of urea groups is 1. The number of hydrogen-bond acceptors (Lipinski definition) is 8. The zero-order chi connectivity index (χ0) is 25.9. The second-order valence-electron chi connectivity index (χ2n) is 7.99. The van der Waals surface area contributed by atoms with Gasteiger partial charge in [-0.3, -0.25) is 9.36 Å². The first-order chi connectivity index (χ1) is 17.5. The Morgan fingerprint density at radius 3 is 2.56 bits per heavy atom. The van der Waals surface area contributed by atoms with Crippen LogP contribution in [0.1, 0.15) is 19.8 Å². The summed E-state index contributed by atoms with van der Waals surface area (Å²) in [4.78, 5) is 39.5. The number of benzene rings is 1. The summed E-state index contributed by atoms with van der Waals surface area (Å²) < 4.78 is 6.90. The summed E-state index contributed by atoms with van der Waals surface area (Å²) >= 11 is 1.03. The van der Waals surface area contributed by atoms with Crippen LogP contribution in [0, 0.1) is 11.3 Å². The number of carbonyl (C=O) groups excluding carboxylic acids is 2. The van der Waals surface area contributed by atoms with Crippen LogP contribution in [-0.2, 0) is 16.1 Å². The van der Waals surface area contributed by atoms with Crippen molar-refractivity contribution in [2.24, 2.45) is 0 Å². The van der Waals surface area contributed by atoms with E-state index < -0.39 is 5.97 Å². The number of aromatic nitrogens is 1. The topological polar surface area (TPSA) is 128 Å². The largest absolute Gasteiger partial charge is 0.457 e. The fourth-order valence-electron chi connectivity index (χ4n) is 3.69. The van der Waals surface area contributed by atoms with E-state index in [9.17, 15) is 19.6 Å². The van der Waals surface area contributed by atoms with Crippen LogP contribution in [0.3, 0.4) is 0 Å². The molecule has 2 heterocycles. The third kappa shape index (κ3) is 7.07. The predicted octanol–water partition coefficient (Wildman–Crippen LogP) is 1.40. The molecule has 1 fully saturated rings. The number of nitrogens with one attached hydrogen (secondary N) is 3. The van der Waals surface area contributed by atoms with Crippen molar-refractivity contribution in [1.29, 1.82) is 5.26 Å². The third-order valence-corrected chi connectivity index (χ3v) is 6.64. The van der Waals surface area contributed by atoms with Crippen molar-refractivity contribution in [3.05, 3.63) is 56.5 Å². The van der Waals surface area contributed by atoms with Crippen molar-refractivity contribution in [3.63, 3.8) is 0 Å².